The highest BCUT2D eigenvalue weighted by atomic mass is 32.2. The molecule has 0 amide bonds. The quantitative estimate of drug-likeness (QED) is 0.850. The Balaban J connectivity index is 2.32. The van der Waals surface area contributed by atoms with E-state index in [1.165, 1.54) is 11.3 Å². The zero-order valence-corrected chi connectivity index (χ0v) is 12.3. The average Bonchev–Trinajstić information content (AvgIpc) is 2.88. The molecule has 0 fully saturated rings. The molecule has 0 radical (unpaired) electrons. The molecule has 2 rings (SSSR count). The van der Waals surface area contributed by atoms with Crippen LogP contribution in [0.4, 0.5) is 0 Å². The third-order valence-electron chi connectivity index (χ3n) is 2.78. The third-order valence-corrected chi connectivity index (χ3v) is 5.39. The zero-order chi connectivity index (χ0) is 13.8. The summed E-state index contributed by atoms with van der Waals surface area (Å²) < 4.78 is 12.5. The molecule has 1 heterocycles. The summed E-state index contributed by atoms with van der Waals surface area (Å²) in [6.45, 7) is 5.62. The second kappa shape index (κ2) is 6.28. The lowest BCUT2D eigenvalue weighted by atomic mass is 10.2. The van der Waals surface area contributed by atoms with Crippen molar-refractivity contribution in [1.29, 1.82) is 0 Å². The Bertz CT molecular complexity index is 584. The Kier molecular flexibility index (Phi) is 4.69. The van der Waals surface area contributed by atoms with E-state index in [1.807, 2.05) is 42.6 Å². The van der Waals surface area contributed by atoms with Gasteiger partial charge in [-0.2, -0.15) is 0 Å². The normalized spacial score (nSPS) is 14.0. The molecule has 19 heavy (non-hydrogen) atoms. The minimum Gasteiger partial charge on any atom is -0.387 e. The van der Waals surface area contributed by atoms with Gasteiger partial charge in [0, 0.05) is 9.77 Å². The average molecular weight is 292 g/mol. The van der Waals surface area contributed by atoms with Crippen molar-refractivity contribution in [3.63, 3.8) is 0 Å². The molecule has 0 bridgehead atoms. The number of aryl methyl sites for hydroxylation is 1. The fourth-order valence-electron chi connectivity index (χ4n) is 1.76. The van der Waals surface area contributed by atoms with Crippen LogP contribution in [0.15, 0.2) is 58.2 Å². The fourth-order valence-corrected chi connectivity index (χ4v) is 4.15. The summed E-state index contributed by atoms with van der Waals surface area (Å²) in [6, 6.07) is 9.45. The van der Waals surface area contributed by atoms with Crippen LogP contribution in [0.5, 0.6) is 0 Å². The van der Waals surface area contributed by atoms with Crippen LogP contribution in [0.3, 0.4) is 0 Å². The highest BCUT2D eigenvalue weighted by molar-refractivity contribution is 7.85. The van der Waals surface area contributed by atoms with Crippen molar-refractivity contribution in [2.75, 3.05) is 0 Å². The molecule has 4 heteroatoms. The minimum atomic E-state index is -1.24. The first kappa shape index (κ1) is 14.2. The molecule has 2 atom stereocenters. The number of hydrogen-bond acceptors (Lipinski definition) is 3. The molecule has 2 nitrogen and oxygen atoms in total. The summed E-state index contributed by atoms with van der Waals surface area (Å²) in [7, 11) is -1.24. The molecular formula is C15H16O2S2. The smallest absolute Gasteiger partial charge is 0.0928 e. The molecule has 1 aromatic heterocycles. The molecule has 0 spiro atoms. The van der Waals surface area contributed by atoms with Crippen LogP contribution >= 0.6 is 11.3 Å². The van der Waals surface area contributed by atoms with Crippen molar-refractivity contribution in [1.82, 2.24) is 0 Å². The summed E-state index contributed by atoms with van der Waals surface area (Å²) in [6.07, 6.45) is 1.52. The molecule has 0 aliphatic rings. The van der Waals surface area contributed by atoms with E-state index < -0.39 is 16.9 Å². The van der Waals surface area contributed by atoms with Gasteiger partial charge in [-0.25, -0.2) is 4.21 Å². The van der Waals surface area contributed by atoms with Crippen molar-refractivity contribution >= 4 is 22.1 Å². The van der Waals surface area contributed by atoms with Crippen LogP contribution < -0.4 is 0 Å². The number of aliphatic hydroxyl groups excluding tert-OH is 1. The number of rotatable bonds is 5. The standard InChI is InChI=1S/C15H16O2S2/c1-3-4-13(16)15-14(9-10-18-15)19(17)12-7-5-11(2)6-8-12/h3,5-10,13,16H,1,4H2,2H3/t13-,19?/m0/s1. The van der Waals surface area contributed by atoms with Gasteiger partial charge in [0.25, 0.3) is 0 Å². The first-order valence-corrected chi connectivity index (χ1v) is 8.01. The van der Waals surface area contributed by atoms with Gasteiger partial charge in [0.1, 0.15) is 0 Å². The second-order valence-corrected chi connectivity index (χ2v) is 6.67. The third kappa shape index (κ3) is 3.21. The predicted octanol–water partition coefficient (Wildman–Crippen LogP) is 3.83. The number of hydrogen-bond donors (Lipinski definition) is 1. The Morgan fingerprint density at radius 2 is 2.05 bits per heavy atom. The summed E-state index contributed by atoms with van der Waals surface area (Å²) in [5.41, 5.74) is 1.14. The summed E-state index contributed by atoms with van der Waals surface area (Å²) in [5.74, 6) is 0. The molecule has 0 saturated carbocycles. The lowest BCUT2D eigenvalue weighted by Gasteiger charge is -2.09. The number of aliphatic hydroxyl groups is 1. The van der Waals surface area contributed by atoms with Crippen molar-refractivity contribution in [2.45, 2.75) is 29.2 Å². The van der Waals surface area contributed by atoms with Gasteiger partial charge >= 0.3 is 0 Å². The van der Waals surface area contributed by atoms with Crippen molar-refractivity contribution < 1.29 is 9.32 Å². The summed E-state index contributed by atoms with van der Waals surface area (Å²) in [4.78, 5) is 2.22. The maximum Gasteiger partial charge on any atom is 0.0928 e. The number of thiophene rings is 1. The van der Waals surface area contributed by atoms with Gasteiger partial charge in [-0.1, -0.05) is 23.8 Å². The van der Waals surface area contributed by atoms with Crippen molar-refractivity contribution in [2.24, 2.45) is 0 Å². The van der Waals surface area contributed by atoms with Crippen molar-refractivity contribution in [3.8, 4) is 0 Å². The molecule has 2 aromatic rings. The first-order valence-electron chi connectivity index (χ1n) is 5.98. The Hall–Kier alpha value is -1.23. The van der Waals surface area contributed by atoms with Gasteiger partial charge in [-0.3, -0.25) is 0 Å². The molecular weight excluding hydrogens is 276 g/mol. The van der Waals surface area contributed by atoms with Gasteiger partial charge in [0.2, 0.25) is 0 Å². The minimum absolute atomic E-state index is 0.471. The van der Waals surface area contributed by atoms with Gasteiger partial charge in [0.15, 0.2) is 0 Å². The van der Waals surface area contributed by atoms with E-state index in [9.17, 15) is 9.32 Å². The van der Waals surface area contributed by atoms with E-state index in [4.69, 9.17) is 0 Å². The van der Waals surface area contributed by atoms with Crippen LogP contribution in [0, 0.1) is 6.92 Å². The summed E-state index contributed by atoms with van der Waals surface area (Å²) >= 11 is 1.43. The second-order valence-electron chi connectivity index (χ2n) is 4.27. The van der Waals surface area contributed by atoms with Crippen LogP contribution in [-0.2, 0) is 10.8 Å². The van der Waals surface area contributed by atoms with Crippen LogP contribution in [0.25, 0.3) is 0 Å². The largest absolute Gasteiger partial charge is 0.387 e. The van der Waals surface area contributed by atoms with E-state index in [0.29, 0.717) is 11.3 Å². The van der Waals surface area contributed by atoms with Crippen LogP contribution in [0.1, 0.15) is 23.0 Å². The molecule has 0 aliphatic heterocycles. The zero-order valence-electron chi connectivity index (χ0n) is 10.7. The van der Waals surface area contributed by atoms with E-state index in [0.717, 1.165) is 15.3 Å². The predicted molar refractivity (Wildman–Crippen MR) is 79.9 cm³/mol. The van der Waals surface area contributed by atoms with Crippen LogP contribution in [0.2, 0.25) is 0 Å². The molecule has 1 N–H and O–H groups in total. The van der Waals surface area contributed by atoms with E-state index in [2.05, 4.69) is 6.58 Å². The SMILES string of the molecule is C=CC[C@H](O)c1sccc1S(=O)c1ccc(C)cc1. The monoisotopic (exact) mass is 292 g/mol. The van der Waals surface area contributed by atoms with Gasteiger partial charge in [0.05, 0.1) is 21.8 Å². The fraction of sp³-hybridized carbons (Fsp3) is 0.200. The van der Waals surface area contributed by atoms with E-state index in [-0.39, 0.29) is 0 Å². The van der Waals surface area contributed by atoms with Gasteiger partial charge < -0.3 is 5.11 Å². The maximum atomic E-state index is 12.5. The van der Waals surface area contributed by atoms with E-state index >= 15 is 0 Å². The van der Waals surface area contributed by atoms with Crippen LogP contribution in [-0.4, -0.2) is 9.32 Å². The Morgan fingerprint density at radius 1 is 1.37 bits per heavy atom. The van der Waals surface area contributed by atoms with E-state index in [1.54, 1.807) is 6.08 Å². The Labute approximate surface area is 119 Å². The topological polar surface area (TPSA) is 37.3 Å². The highest BCUT2D eigenvalue weighted by Gasteiger charge is 2.18. The Morgan fingerprint density at radius 3 is 2.68 bits per heavy atom. The molecule has 100 valence electrons. The molecule has 1 aromatic carbocycles. The first-order chi connectivity index (χ1) is 9.13. The number of benzene rings is 1. The lowest BCUT2D eigenvalue weighted by molar-refractivity contribution is 0.183. The molecule has 0 aliphatic carbocycles. The maximum absolute atomic E-state index is 12.5. The van der Waals surface area contributed by atoms with Gasteiger partial charge in [-0.05, 0) is 36.9 Å². The van der Waals surface area contributed by atoms with Crippen molar-refractivity contribution in [3.05, 3.63) is 58.8 Å². The molecule has 0 saturated heterocycles. The lowest BCUT2D eigenvalue weighted by Crippen LogP contribution is -2.00. The molecule has 1 unspecified atom stereocenters. The van der Waals surface area contributed by atoms with Gasteiger partial charge in [-0.15, -0.1) is 17.9 Å². The summed E-state index contributed by atoms with van der Waals surface area (Å²) in [5, 5.41) is 11.9. The highest BCUT2D eigenvalue weighted by Crippen LogP contribution is 2.31.